The van der Waals surface area contributed by atoms with Crippen molar-refractivity contribution in [2.24, 2.45) is 0 Å². The molecule has 2 aromatic carbocycles. The molecule has 0 radical (unpaired) electrons. The van der Waals surface area contributed by atoms with E-state index in [4.69, 9.17) is 16.3 Å². The molecule has 0 aliphatic heterocycles. The van der Waals surface area contributed by atoms with Gasteiger partial charge in [-0.1, -0.05) is 42.5 Å². The Morgan fingerprint density at radius 1 is 1.10 bits per heavy atom. The molecule has 0 saturated carbocycles. The van der Waals surface area contributed by atoms with Crippen LogP contribution in [0.4, 0.5) is 0 Å². The Balaban J connectivity index is 1.81. The van der Waals surface area contributed by atoms with Gasteiger partial charge in [-0.2, -0.15) is 0 Å². The van der Waals surface area contributed by atoms with Gasteiger partial charge in [0.15, 0.2) is 0 Å². The first-order valence-corrected chi connectivity index (χ1v) is 7.82. The molecule has 20 heavy (non-hydrogen) atoms. The first-order chi connectivity index (χ1) is 9.76. The zero-order chi connectivity index (χ0) is 13.9. The van der Waals surface area contributed by atoms with Gasteiger partial charge in [0.1, 0.15) is 5.75 Å². The summed E-state index contributed by atoms with van der Waals surface area (Å²) in [7, 11) is 1.68. The molecule has 0 fully saturated rings. The molecule has 1 heterocycles. The fourth-order valence-electron chi connectivity index (χ4n) is 2.28. The quantitative estimate of drug-likeness (QED) is 0.584. The van der Waals surface area contributed by atoms with Gasteiger partial charge in [0.2, 0.25) is 0 Å². The molecule has 0 N–H and O–H groups in total. The van der Waals surface area contributed by atoms with Gasteiger partial charge < -0.3 is 4.74 Å². The first kappa shape index (κ1) is 13.5. The predicted octanol–water partition coefficient (Wildman–Crippen LogP) is 5.43. The highest BCUT2D eigenvalue weighted by Crippen LogP contribution is 2.33. The van der Waals surface area contributed by atoms with Gasteiger partial charge in [0, 0.05) is 10.3 Å². The molecule has 0 amide bonds. The number of alkyl halides is 1. The molecule has 1 nitrogen and oxygen atoms in total. The minimum atomic E-state index is -0.00920. The van der Waals surface area contributed by atoms with Gasteiger partial charge in [0.05, 0.1) is 12.5 Å². The van der Waals surface area contributed by atoms with Crippen LogP contribution in [0.25, 0.3) is 10.8 Å². The summed E-state index contributed by atoms with van der Waals surface area (Å²) in [4.78, 5) is 1.15. The second kappa shape index (κ2) is 5.86. The van der Waals surface area contributed by atoms with Crippen LogP contribution in [0.2, 0.25) is 0 Å². The Labute approximate surface area is 127 Å². The molecule has 0 aliphatic carbocycles. The van der Waals surface area contributed by atoms with E-state index in [1.54, 1.807) is 18.4 Å². The highest BCUT2D eigenvalue weighted by atomic mass is 35.5. The third-order valence-corrected chi connectivity index (χ3v) is 4.91. The van der Waals surface area contributed by atoms with Crippen molar-refractivity contribution < 1.29 is 4.74 Å². The van der Waals surface area contributed by atoms with Crippen LogP contribution in [0, 0.1) is 0 Å². The van der Waals surface area contributed by atoms with Crippen molar-refractivity contribution in [3.8, 4) is 5.75 Å². The predicted molar refractivity (Wildman–Crippen MR) is 87.1 cm³/mol. The molecule has 1 aromatic heterocycles. The van der Waals surface area contributed by atoms with E-state index in [2.05, 4.69) is 42.5 Å². The fraction of sp³-hybridized carbons (Fsp3) is 0.176. The smallest absolute Gasteiger partial charge is 0.129 e. The third kappa shape index (κ3) is 2.82. The number of methoxy groups -OCH3 is 1. The number of thiophene rings is 1. The second-order valence-electron chi connectivity index (χ2n) is 4.74. The number of rotatable bonds is 4. The topological polar surface area (TPSA) is 9.23 Å². The fourth-order valence-corrected chi connectivity index (χ4v) is 3.51. The van der Waals surface area contributed by atoms with Crippen molar-refractivity contribution in [1.82, 2.24) is 0 Å². The van der Waals surface area contributed by atoms with Crippen LogP contribution in [0.5, 0.6) is 5.75 Å². The zero-order valence-electron chi connectivity index (χ0n) is 11.2. The molecule has 1 unspecified atom stereocenters. The Morgan fingerprint density at radius 3 is 2.65 bits per heavy atom. The normalized spacial score (nSPS) is 12.5. The summed E-state index contributed by atoms with van der Waals surface area (Å²) in [6.07, 6.45) is 0.829. The van der Waals surface area contributed by atoms with Crippen LogP contribution in [0.3, 0.4) is 0 Å². The van der Waals surface area contributed by atoms with E-state index >= 15 is 0 Å². The average molecular weight is 303 g/mol. The molecule has 3 heteroatoms. The van der Waals surface area contributed by atoms with E-state index in [-0.39, 0.29) is 5.38 Å². The van der Waals surface area contributed by atoms with E-state index in [0.717, 1.165) is 17.0 Å². The van der Waals surface area contributed by atoms with Crippen LogP contribution in [0.15, 0.2) is 53.9 Å². The van der Waals surface area contributed by atoms with Crippen molar-refractivity contribution >= 4 is 33.7 Å². The van der Waals surface area contributed by atoms with Crippen molar-refractivity contribution in [3.63, 3.8) is 0 Å². The number of benzene rings is 2. The highest BCUT2D eigenvalue weighted by Gasteiger charge is 2.12. The Bertz CT molecular complexity index is 720. The van der Waals surface area contributed by atoms with Crippen LogP contribution >= 0.6 is 22.9 Å². The van der Waals surface area contributed by atoms with Crippen molar-refractivity contribution in [3.05, 3.63) is 64.4 Å². The highest BCUT2D eigenvalue weighted by molar-refractivity contribution is 7.10. The molecule has 0 bridgehead atoms. The van der Waals surface area contributed by atoms with E-state index in [9.17, 15) is 0 Å². The summed E-state index contributed by atoms with van der Waals surface area (Å²) in [5, 5.41) is 4.51. The summed E-state index contributed by atoms with van der Waals surface area (Å²) < 4.78 is 5.20. The molecule has 0 saturated heterocycles. The van der Waals surface area contributed by atoms with Crippen LogP contribution in [-0.4, -0.2) is 7.11 Å². The van der Waals surface area contributed by atoms with Crippen molar-refractivity contribution in [1.29, 1.82) is 0 Å². The maximum atomic E-state index is 6.52. The zero-order valence-corrected chi connectivity index (χ0v) is 12.7. The largest absolute Gasteiger partial charge is 0.496 e. The SMILES string of the molecule is COc1csc(C(Cl)Cc2ccc3ccccc3c2)c1. The summed E-state index contributed by atoms with van der Waals surface area (Å²) in [5.41, 5.74) is 1.26. The van der Waals surface area contributed by atoms with Gasteiger partial charge in [-0.15, -0.1) is 22.9 Å². The Hall–Kier alpha value is -1.51. The lowest BCUT2D eigenvalue weighted by atomic mass is 10.0. The van der Waals surface area contributed by atoms with Crippen molar-refractivity contribution in [2.45, 2.75) is 11.8 Å². The number of ether oxygens (including phenoxy) is 1. The number of hydrogen-bond donors (Lipinski definition) is 0. The minimum Gasteiger partial charge on any atom is -0.496 e. The minimum absolute atomic E-state index is 0.00920. The standard InChI is InChI=1S/C17H15ClOS/c1-19-15-10-17(20-11-15)16(18)9-12-6-7-13-4-2-3-5-14(13)8-12/h2-8,10-11,16H,9H2,1H3. The Morgan fingerprint density at radius 2 is 1.90 bits per heavy atom. The molecule has 102 valence electrons. The lowest BCUT2D eigenvalue weighted by Gasteiger charge is -2.08. The molecule has 1 atom stereocenters. The average Bonchev–Trinajstić information content (AvgIpc) is 2.96. The molecule has 0 aliphatic rings. The van der Waals surface area contributed by atoms with E-state index in [0.29, 0.717) is 0 Å². The van der Waals surface area contributed by atoms with Gasteiger partial charge >= 0.3 is 0 Å². The molecular weight excluding hydrogens is 288 g/mol. The number of fused-ring (bicyclic) bond motifs is 1. The summed E-state index contributed by atoms with van der Waals surface area (Å²) in [6.45, 7) is 0. The van der Waals surface area contributed by atoms with E-state index < -0.39 is 0 Å². The number of halogens is 1. The van der Waals surface area contributed by atoms with Gasteiger partial charge in [0.25, 0.3) is 0 Å². The monoisotopic (exact) mass is 302 g/mol. The molecular formula is C17H15ClOS. The van der Waals surface area contributed by atoms with Gasteiger partial charge in [-0.05, 0) is 28.8 Å². The molecule has 3 aromatic rings. The second-order valence-corrected chi connectivity index (χ2v) is 6.21. The lowest BCUT2D eigenvalue weighted by molar-refractivity contribution is 0.416. The van der Waals surface area contributed by atoms with E-state index in [1.807, 2.05) is 11.4 Å². The Kier molecular flexibility index (Phi) is 3.95. The third-order valence-electron chi connectivity index (χ3n) is 3.37. The van der Waals surface area contributed by atoms with Gasteiger partial charge in [-0.25, -0.2) is 0 Å². The summed E-state index contributed by atoms with van der Waals surface area (Å²) in [6, 6.07) is 16.9. The van der Waals surface area contributed by atoms with Crippen LogP contribution in [0.1, 0.15) is 15.8 Å². The lowest BCUT2D eigenvalue weighted by Crippen LogP contribution is -1.93. The van der Waals surface area contributed by atoms with Crippen LogP contribution in [-0.2, 0) is 6.42 Å². The molecule has 3 rings (SSSR count). The number of hydrogen-bond acceptors (Lipinski definition) is 2. The van der Waals surface area contributed by atoms with E-state index in [1.165, 1.54) is 16.3 Å². The van der Waals surface area contributed by atoms with Gasteiger partial charge in [-0.3, -0.25) is 0 Å². The first-order valence-electron chi connectivity index (χ1n) is 6.50. The maximum Gasteiger partial charge on any atom is 0.129 e. The van der Waals surface area contributed by atoms with Crippen LogP contribution < -0.4 is 4.74 Å². The summed E-state index contributed by atoms with van der Waals surface area (Å²) in [5.74, 6) is 0.883. The molecule has 0 spiro atoms. The maximum absolute atomic E-state index is 6.52. The summed E-state index contributed by atoms with van der Waals surface area (Å²) >= 11 is 8.17. The van der Waals surface area contributed by atoms with Crippen molar-refractivity contribution in [2.75, 3.05) is 7.11 Å².